The number of rotatable bonds is 4. The monoisotopic (exact) mass is 448 g/mol. The maximum absolute atomic E-state index is 14.9. The van der Waals surface area contributed by atoms with Crippen LogP contribution in [0.3, 0.4) is 0 Å². The van der Waals surface area contributed by atoms with Gasteiger partial charge in [-0.3, -0.25) is 9.36 Å². The maximum atomic E-state index is 14.9. The van der Waals surface area contributed by atoms with Crippen molar-refractivity contribution in [3.63, 3.8) is 0 Å². The number of hydrogen-bond donors (Lipinski definition) is 2. The van der Waals surface area contributed by atoms with E-state index in [1.54, 1.807) is 22.9 Å². The zero-order valence-electron chi connectivity index (χ0n) is 19.4. The van der Waals surface area contributed by atoms with Crippen LogP contribution in [0, 0.1) is 23.6 Å². The summed E-state index contributed by atoms with van der Waals surface area (Å²) in [7, 11) is 0. The van der Waals surface area contributed by atoms with Crippen molar-refractivity contribution in [1.29, 1.82) is 0 Å². The van der Waals surface area contributed by atoms with Crippen molar-refractivity contribution in [1.82, 2.24) is 19.9 Å². The van der Waals surface area contributed by atoms with Gasteiger partial charge in [0.1, 0.15) is 11.5 Å². The molecular formula is C25H29FN6O. The molecule has 172 valence electrons. The van der Waals surface area contributed by atoms with Crippen LogP contribution in [0.2, 0.25) is 0 Å². The van der Waals surface area contributed by atoms with E-state index in [1.807, 2.05) is 26.8 Å². The highest BCUT2D eigenvalue weighted by atomic mass is 19.1. The van der Waals surface area contributed by atoms with E-state index in [2.05, 4.69) is 44.3 Å². The Morgan fingerprint density at radius 3 is 2.85 bits per heavy atom. The topological polar surface area (TPSA) is 75.1 Å². The Labute approximate surface area is 193 Å². The highest BCUT2D eigenvalue weighted by Crippen LogP contribution is 2.26. The Kier molecular flexibility index (Phi) is 6.61. The van der Waals surface area contributed by atoms with Crippen LogP contribution in [-0.4, -0.2) is 40.2 Å². The van der Waals surface area contributed by atoms with Gasteiger partial charge in [0.05, 0.1) is 11.3 Å². The fourth-order valence-corrected chi connectivity index (χ4v) is 3.97. The minimum Gasteiger partial charge on any atom is -0.364 e. The van der Waals surface area contributed by atoms with E-state index in [0.717, 1.165) is 25.0 Å². The van der Waals surface area contributed by atoms with E-state index in [4.69, 9.17) is 0 Å². The smallest absolute Gasteiger partial charge is 0.267 e. The second-order valence-corrected chi connectivity index (χ2v) is 8.54. The summed E-state index contributed by atoms with van der Waals surface area (Å²) < 4.78 is 16.5. The van der Waals surface area contributed by atoms with Crippen LogP contribution in [0.4, 0.5) is 21.7 Å². The van der Waals surface area contributed by atoms with Crippen LogP contribution in [0.25, 0.3) is 11.0 Å². The zero-order valence-corrected chi connectivity index (χ0v) is 19.4. The van der Waals surface area contributed by atoms with Gasteiger partial charge in [-0.05, 0) is 38.1 Å². The number of anilines is 3. The van der Waals surface area contributed by atoms with Crippen molar-refractivity contribution in [3.8, 4) is 11.8 Å². The normalized spacial score (nSPS) is 16.1. The lowest BCUT2D eigenvalue weighted by Gasteiger charge is -2.36. The molecular weight excluding hydrogens is 419 g/mol. The molecule has 0 radical (unpaired) electrons. The largest absolute Gasteiger partial charge is 0.364 e. The van der Waals surface area contributed by atoms with Crippen molar-refractivity contribution >= 4 is 28.4 Å². The highest BCUT2D eigenvalue weighted by molar-refractivity contribution is 5.77. The number of halogens is 1. The molecule has 0 saturated carbocycles. The van der Waals surface area contributed by atoms with Crippen LogP contribution < -0.4 is 21.1 Å². The van der Waals surface area contributed by atoms with Gasteiger partial charge < -0.3 is 15.5 Å². The molecule has 3 aromatic rings. The van der Waals surface area contributed by atoms with E-state index in [1.165, 1.54) is 6.07 Å². The first kappa shape index (κ1) is 22.7. The lowest BCUT2D eigenvalue weighted by atomic mass is 10.1. The Morgan fingerprint density at radius 2 is 2.15 bits per heavy atom. The minimum absolute atomic E-state index is 0.166. The van der Waals surface area contributed by atoms with Crippen LogP contribution in [0.5, 0.6) is 0 Å². The number of nitrogens with zero attached hydrogens (tertiary/aromatic N) is 4. The molecule has 0 spiro atoms. The summed E-state index contributed by atoms with van der Waals surface area (Å²) in [6, 6.07) is 7.00. The molecule has 1 aromatic carbocycles. The number of piperazine rings is 1. The molecule has 1 fully saturated rings. The molecule has 8 heteroatoms. The van der Waals surface area contributed by atoms with E-state index in [-0.39, 0.29) is 23.3 Å². The second kappa shape index (κ2) is 9.59. The Morgan fingerprint density at radius 1 is 1.33 bits per heavy atom. The van der Waals surface area contributed by atoms with Gasteiger partial charge in [-0.25, -0.2) is 9.37 Å². The first-order valence-electron chi connectivity index (χ1n) is 11.3. The SMILES string of the molecule is CCn1c(=O)c(C#CC(C)C)cc2cnc(Nc3ccc(N4CCNCC4C)c(F)c3)nc21. The molecule has 3 heterocycles. The minimum atomic E-state index is -0.298. The predicted molar refractivity (Wildman–Crippen MR) is 131 cm³/mol. The molecule has 1 aliphatic rings. The average molecular weight is 449 g/mol. The van der Waals surface area contributed by atoms with Crippen molar-refractivity contribution in [3.05, 3.63) is 52.2 Å². The Bertz CT molecular complexity index is 1290. The number of aryl methyl sites for hydroxylation is 1. The van der Waals surface area contributed by atoms with Gasteiger partial charge in [0.25, 0.3) is 5.56 Å². The van der Waals surface area contributed by atoms with Crippen LogP contribution in [0.1, 0.15) is 33.3 Å². The van der Waals surface area contributed by atoms with Gasteiger partial charge in [-0.15, -0.1) is 0 Å². The molecule has 2 aromatic heterocycles. The maximum Gasteiger partial charge on any atom is 0.267 e. The fourth-order valence-electron chi connectivity index (χ4n) is 3.97. The lowest BCUT2D eigenvalue weighted by molar-refractivity contribution is 0.491. The summed E-state index contributed by atoms with van der Waals surface area (Å²) in [6.45, 7) is 10.8. The van der Waals surface area contributed by atoms with Crippen molar-refractivity contribution in [2.24, 2.45) is 5.92 Å². The van der Waals surface area contributed by atoms with Crippen LogP contribution in [0.15, 0.2) is 35.3 Å². The summed E-state index contributed by atoms with van der Waals surface area (Å²) in [5.74, 6) is 6.18. The lowest BCUT2D eigenvalue weighted by Crippen LogP contribution is -2.50. The number of aromatic nitrogens is 3. The fraction of sp³-hybridized carbons (Fsp3) is 0.400. The second-order valence-electron chi connectivity index (χ2n) is 8.54. The zero-order chi connectivity index (χ0) is 23.5. The Balaban J connectivity index is 1.64. The predicted octanol–water partition coefficient (Wildman–Crippen LogP) is 3.50. The van der Waals surface area contributed by atoms with Gasteiger partial charge in [0, 0.05) is 55.4 Å². The van der Waals surface area contributed by atoms with Gasteiger partial charge in [-0.2, -0.15) is 4.98 Å². The summed E-state index contributed by atoms with van der Waals surface area (Å²) in [5.41, 5.74) is 1.90. The number of benzene rings is 1. The van der Waals surface area contributed by atoms with Gasteiger partial charge >= 0.3 is 0 Å². The van der Waals surface area contributed by atoms with Crippen LogP contribution >= 0.6 is 0 Å². The first-order chi connectivity index (χ1) is 15.9. The van der Waals surface area contributed by atoms with E-state index in [9.17, 15) is 9.18 Å². The van der Waals surface area contributed by atoms with Crippen molar-refractivity contribution < 1.29 is 4.39 Å². The standard InChI is InChI=1S/C25H29FN6O/c1-5-31-23-19(12-18(24(31)33)7-6-16(2)3)15-28-25(30-23)29-20-8-9-22(21(26)13-20)32-11-10-27-14-17(32)4/h8-9,12-13,15-17,27H,5,10-11,14H2,1-4H3,(H,28,29,30). The van der Waals surface area contributed by atoms with E-state index in [0.29, 0.717) is 35.1 Å². The third-order valence-corrected chi connectivity index (χ3v) is 5.65. The molecule has 33 heavy (non-hydrogen) atoms. The van der Waals surface area contributed by atoms with E-state index >= 15 is 0 Å². The average Bonchev–Trinajstić information content (AvgIpc) is 2.79. The first-order valence-corrected chi connectivity index (χ1v) is 11.3. The Hall–Kier alpha value is -3.44. The molecule has 7 nitrogen and oxygen atoms in total. The van der Waals surface area contributed by atoms with Gasteiger partial charge in [0.15, 0.2) is 0 Å². The summed E-state index contributed by atoms with van der Waals surface area (Å²) in [6.07, 6.45) is 1.66. The summed E-state index contributed by atoms with van der Waals surface area (Å²) in [4.78, 5) is 23.9. The molecule has 1 saturated heterocycles. The molecule has 1 unspecified atom stereocenters. The molecule has 0 amide bonds. The van der Waals surface area contributed by atoms with Gasteiger partial charge in [-0.1, -0.05) is 25.7 Å². The molecule has 4 rings (SSSR count). The van der Waals surface area contributed by atoms with Gasteiger partial charge in [0.2, 0.25) is 5.95 Å². The van der Waals surface area contributed by atoms with Crippen molar-refractivity contribution in [2.45, 2.75) is 40.3 Å². The van der Waals surface area contributed by atoms with E-state index < -0.39 is 0 Å². The third-order valence-electron chi connectivity index (χ3n) is 5.65. The highest BCUT2D eigenvalue weighted by Gasteiger charge is 2.21. The molecule has 2 N–H and O–H groups in total. The number of fused-ring (bicyclic) bond motifs is 1. The molecule has 0 bridgehead atoms. The number of hydrogen-bond acceptors (Lipinski definition) is 6. The van der Waals surface area contributed by atoms with Crippen molar-refractivity contribution in [2.75, 3.05) is 29.9 Å². The number of pyridine rings is 1. The molecule has 1 aliphatic heterocycles. The van der Waals surface area contributed by atoms with Crippen LogP contribution in [-0.2, 0) is 6.54 Å². The quantitative estimate of drug-likeness (QED) is 0.595. The summed E-state index contributed by atoms with van der Waals surface area (Å²) >= 11 is 0. The number of nitrogens with one attached hydrogen (secondary N) is 2. The summed E-state index contributed by atoms with van der Waals surface area (Å²) in [5, 5.41) is 7.11. The molecule has 1 atom stereocenters. The third kappa shape index (κ3) is 4.83. The molecule has 0 aliphatic carbocycles.